The van der Waals surface area contributed by atoms with E-state index in [-0.39, 0.29) is 10.9 Å². The van der Waals surface area contributed by atoms with E-state index < -0.39 is 33.3 Å². The number of aliphatic carboxylic acids is 1. The molecule has 2 unspecified atom stereocenters. The van der Waals surface area contributed by atoms with Crippen molar-refractivity contribution in [2.24, 2.45) is 0 Å². The molecule has 0 aliphatic heterocycles. The highest BCUT2D eigenvalue weighted by Crippen LogP contribution is 2.08. The Morgan fingerprint density at radius 2 is 2.25 bits per heavy atom. The van der Waals surface area contributed by atoms with E-state index >= 15 is 0 Å². The number of nitrogens with one attached hydrogen (secondary N) is 1. The molecule has 0 spiro atoms. The van der Waals surface area contributed by atoms with Gasteiger partial charge in [0.1, 0.15) is 11.4 Å². The predicted molar refractivity (Wildman–Crippen MR) is 73.2 cm³/mol. The highest BCUT2D eigenvalue weighted by Gasteiger charge is 2.19. The maximum Gasteiger partial charge on any atom is 0.325 e. The molecule has 20 heavy (non-hydrogen) atoms. The second-order valence-corrected chi connectivity index (χ2v) is 7.62. The normalized spacial score (nSPS) is 14.9. The molecule has 0 radical (unpaired) electrons. The molecule has 0 aliphatic carbocycles. The fourth-order valence-corrected chi connectivity index (χ4v) is 3.36. The smallest absolute Gasteiger partial charge is 0.325 e. The van der Waals surface area contributed by atoms with Crippen LogP contribution in [-0.2, 0) is 32.2 Å². The van der Waals surface area contributed by atoms with E-state index in [1.54, 1.807) is 13.2 Å². The monoisotopic (exact) mass is 323 g/mol. The van der Waals surface area contributed by atoms with Gasteiger partial charge in [0, 0.05) is 35.0 Å². The first kappa shape index (κ1) is 16.8. The Labute approximate surface area is 119 Å². The molecule has 8 nitrogen and oxygen atoms in total. The van der Waals surface area contributed by atoms with Gasteiger partial charge in [0.05, 0.1) is 6.20 Å². The van der Waals surface area contributed by atoms with Crippen molar-refractivity contribution in [3.8, 4) is 0 Å². The van der Waals surface area contributed by atoms with E-state index in [1.165, 1.54) is 0 Å². The Hall–Kier alpha value is -1.26. The molecule has 0 bridgehead atoms. The molecule has 0 aliphatic rings. The van der Waals surface area contributed by atoms with E-state index in [0.29, 0.717) is 12.2 Å². The lowest BCUT2D eigenvalue weighted by atomic mass is 10.3. The van der Waals surface area contributed by atoms with Crippen LogP contribution in [0.15, 0.2) is 17.3 Å². The van der Waals surface area contributed by atoms with Crippen molar-refractivity contribution in [1.29, 1.82) is 0 Å². The van der Waals surface area contributed by atoms with Crippen molar-refractivity contribution in [2.75, 3.05) is 12.0 Å². The molecule has 10 heteroatoms. The van der Waals surface area contributed by atoms with E-state index in [2.05, 4.69) is 9.82 Å². The Morgan fingerprint density at radius 1 is 1.60 bits per heavy atom. The summed E-state index contributed by atoms with van der Waals surface area (Å²) in [4.78, 5) is 10.4. The number of carbonyl (C=O) groups is 1. The number of hydrogen-bond donors (Lipinski definition) is 2. The van der Waals surface area contributed by atoms with Gasteiger partial charge < -0.3 is 5.11 Å². The van der Waals surface area contributed by atoms with Gasteiger partial charge in [-0.25, -0.2) is 13.1 Å². The van der Waals surface area contributed by atoms with Crippen molar-refractivity contribution in [2.45, 2.75) is 30.8 Å². The zero-order chi connectivity index (χ0) is 15.3. The Bertz CT molecular complexity index is 596. The summed E-state index contributed by atoms with van der Waals surface area (Å²) < 4.78 is 38.4. The molecule has 1 aromatic rings. The lowest BCUT2D eigenvalue weighted by molar-refractivity contribution is -0.137. The molecule has 2 N–H and O–H groups in total. The summed E-state index contributed by atoms with van der Waals surface area (Å²) in [6.07, 6.45) is 4.25. The average molecular weight is 323 g/mol. The molecule has 0 aromatic carbocycles. The molecule has 0 saturated heterocycles. The van der Waals surface area contributed by atoms with Crippen LogP contribution in [0.5, 0.6) is 0 Å². The first-order valence-electron chi connectivity index (χ1n) is 5.77. The van der Waals surface area contributed by atoms with Gasteiger partial charge in [-0.3, -0.25) is 13.7 Å². The highest BCUT2D eigenvalue weighted by atomic mass is 32.2. The maximum absolute atomic E-state index is 12.0. The Morgan fingerprint density at radius 3 is 2.80 bits per heavy atom. The van der Waals surface area contributed by atoms with Gasteiger partial charge in [-0.15, -0.1) is 0 Å². The summed E-state index contributed by atoms with van der Waals surface area (Å²) in [5.41, 5.74) is 0. The second-order valence-electron chi connectivity index (χ2n) is 4.36. The molecular weight excluding hydrogens is 306 g/mol. The molecule has 1 rings (SSSR count). The fraction of sp³-hybridized carbons (Fsp3) is 0.600. The number of aromatic nitrogens is 2. The molecule has 0 fully saturated rings. The summed E-state index contributed by atoms with van der Waals surface area (Å²) in [6.45, 7) is 1.27. The van der Waals surface area contributed by atoms with Gasteiger partial charge in [0.15, 0.2) is 0 Å². The summed E-state index contributed by atoms with van der Waals surface area (Å²) >= 11 is 0. The standard InChI is InChI=1S/C10H17N3O5S2/c1-8(3-4-19(2)16)12-20(17,18)9-5-11-13(6-9)7-10(14)15/h5-6,8,12H,3-4,7H2,1-2H3,(H,14,15). The second kappa shape index (κ2) is 6.95. The van der Waals surface area contributed by atoms with Crippen LogP contribution in [0.2, 0.25) is 0 Å². The summed E-state index contributed by atoms with van der Waals surface area (Å²) in [5.74, 6) is -0.703. The van der Waals surface area contributed by atoms with Crippen LogP contribution < -0.4 is 4.72 Å². The quantitative estimate of drug-likeness (QED) is 0.659. The first-order chi connectivity index (χ1) is 9.20. The van der Waals surface area contributed by atoms with Gasteiger partial charge in [0.25, 0.3) is 0 Å². The van der Waals surface area contributed by atoms with Crippen molar-refractivity contribution >= 4 is 26.8 Å². The molecule has 1 aromatic heterocycles. The van der Waals surface area contributed by atoms with Gasteiger partial charge >= 0.3 is 5.97 Å². The largest absolute Gasteiger partial charge is 0.480 e. The lowest BCUT2D eigenvalue weighted by Gasteiger charge is -2.12. The Kier molecular flexibility index (Phi) is 5.84. The zero-order valence-corrected chi connectivity index (χ0v) is 12.8. The third-order valence-corrected chi connectivity index (χ3v) is 4.77. The van der Waals surface area contributed by atoms with Crippen LogP contribution in [0.25, 0.3) is 0 Å². The van der Waals surface area contributed by atoms with Crippen LogP contribution in [0.3, 0.4) is 0 Å². The predicted octanol–water partition coefficient (Wildman–Crippen LogP) is -0.597. The van der Waals surface area contributed by atoms with E-state index in [1.807, 2.05) is 0 Å². The molecule has 0 amide bonds. The van der Waals surface area contributed by atoms with Crippen LogP contribution in [0, 0.1) is 0 Å². The Balaban J connectivity index is 2.70. The van der Waals surface area contributed by atoms with Gasteiger partial charge in [-0.05, 0) is 13.3 Å². The number of carboxylic acids is 1. The molecule has 0 saturated carbocycles. The minimum absolute atomic E-state index is 0.0942. The molecule has 114 valence electrons. The minimum atomic E-state index is -3.75. The van der Waals surface area contributed by atoms with Crippen LogP contribution >= 0.6 is 0 Å². The van der Waals surface area contributed by atoms with Crippen molar-refractivity contribution in [1.82, 2.24) is 14.5 Å². The van der Waals surface area contributed by atoms with E-state index in [4.69, 9.17) is 5.11 Å². The number of nitrogens with zero attached hydrogens (tertiary/aromatic N) is 2. The maximum atomic E-state index is 12.0. The SMILES string of the molecule is CC(CCS(C)=O)NS(=O)(=O)c1cnn(CC(=O)O)c1. The van der Waals surface area contributed by atoms with Gasteiger partial charge in [-0.2, -0.15) is 5.10 Å². The molecular formula is C10H17N3O5S2. The summed E-state index contributed by atoms with van der Waals surface area (Å²) in [5, 5.41) is 12.3. The first-order valence-corrected chi connectivity index (χ1v) is 8.98. The highest BCUT2D eigenvalue weighted by molar-refractivity contribution is 7.89. The van der Waals surface area contributed by atoms with Gasteiger partial charge in [-0.1, -0.05) is 0 Å². The molecule has 2 atom stereocenters. The van der Waals surface area contributed by atoms with Crippen molar-refractivity contribution < 1.29 is 22.5 Å². The zero-order valence-electron chi connectivity index (χ0n) is 11.1. The summed E-state index contributed by atoms with van der Waals surface area (Å²) in [7, 11) is -4.73. The number of rotatable bonds is 8. The van der Waals surface area contributed by atoms with Gasteiger partial charge in [0.2, 0.25) is 10.0 Å². The van der Waals surface area contributed by atoms with Crippen molar-refractivity contribution in [3.63, 3.8) is 0 Å². The number of sulfonamides is 1. The topological polar surface area (TPSA) is 118 Å². The van der Waals surface area contributed by atoms with Crippen LogP contribution in [-0.4, -0.2) is 51.5 Å². The average Bonchev–Trinajstić information content (AvgIpc) is 2.74. The molecule has 1 heterocycles. The number of carboxylic acid groups (broad SMARTS) is 1. The van der Waals surface area contributed by atoms with Crippen LogP contribution in [0.4, 0.5) is 0 Å². The van der Waals surface area contributed by atoms with Crippen molar-refractivity contribution in [3.05, 3.63) is 12.4 Å². The fourth-order valence-electron chi connectivity index (χ4n) is 1.44. The van der Waals surface area contributed by atoms with Crippen LogP contribution in [0.1, 0.15) is 13.3 Å². The third-order valence-electron chi connectivity index (χ3n) is 2.41. The lowest BCUT2D eigenvalue weighted by Crippen LogP contribution is -2.33. The third kappa shape index (κ3) is 5.39. The number of hydrogen-bond acceptors (Lipinski definition) is 5. The van der Waals surface area contributed by atoms with E-state index in [9.17, 15) is 17.4 Å². The summed E-state index contributed by atoms with van der Waals surface area (Å²) in [6, 6.07) is -0.369. The minimum Gasteiger partial charge on any atom is -0.480 e. The van der Waals surface area contributed by atoms with E-state index in [0.717, 1.165) is 17.1 Å².